The van der Waals surface area contributed by atoms with E-state index in [2.05, 4.69) is 5.32 Å². The summed E-state index contributed by atoms with van der Waals surface area (Å²) in [6.45, 7) is 0. The van der Waals surface area contributed by atoms with Gasteiger partial charge in [-0.1, -0.05) is 54.6 Å². The van der Waals surface area contributed by atoms with E-state index < -0.39 is 17.9 Å². The summed E-state index contributed by atoms with van der Waals surface area (Å²) in [7, 11) is 0. The number of hydrogen-bond acceptors (Lipinski definition) is 2. The van der Waals surface area contributed by atoms with Crippen LogP contribution in [0.15, 0.2) is 60.7 Å². The van der Waals surface area contributed by atoms with Crippen LogP contribution in [0.3, 0.4) is 0 Å². The number of rotatable bonds is 7. The Balaban J connectivity index is 1.90. The minimum Gasteiger partial charge on any atom is -0.480 e. The molecule has 2 aromatic rings. The summed E-state index contributed by atoms with van der Waals surface area (Å²) in [4.78, 5) is 23.2. The first-order chi connectivity index (χ1) is 11.5. The molecule has 2 rings (SSSR count). The third kappa shape index (κ3) is 5.68. The van der Waals surface area contributed by atoms with Crippen molar-refractivity contribution in [2.45, 2.75) is 18.9 Å². The monoisotopic (exact) mass is 327 g/mol. The van der Waals surface area contributed by atoms with Crippen LogP contribution in [0.2, 0.25) is 0 Å². The Hall–Kier alpha value is -2.95. The molecule has 1 atom stereocenters. The van der Waals surface area contributed by atoms with E-state index in [-0.39, 0.29) is 18.7 Å². The maximum Gasteiger partial charge on any atom is 0.326 e. The van der Waals surface area contributed by atoms with Gasteiger partial charge in [-0.15, -0.1) is 0 Å². The van der Waals surface area contributed by atoms with Gasteiger partial charge in [-0.2, -0.15) is 0 Å². The van der Waals surface area contributed by atoms with E-state index in [0.29, 0.717) is 5.56 Å². The first-order valence-corrected chi connectivity index (χ1v) is 7.53. The van der Waals surface area contributed by atoms with Crippen LogP contribution in [-0.2, 0) is 16.0 Å². The van der Waals surface area contributed by atoms with Crippen LogP contribution in [0.5, 0.6) is 0 Å². The van der Waals surface area contributed by atoms with Crippen molar-refractivity contribution in [3.05, 3.63) is 77.6 Å². The molecule has 0 saturated carbocycles. The van der Waals surface area contributed by atoms with Gasteiger partial charge in [0.1, 0.15) is 11.9 Å². The molecule has 2 N–H and O–H groups in total. The molecule has 5 heteroatoms. The molecule has 124 valence electrons. The number of aliphatic carboxylic acids is 1. The fourth-order valence-electron chi connectivity index (χ4n) is 2.16. The number of carbonyl (C=O) groups excluding carboxylic acids is 1. The SMILES string of the molecule is O=C(Cc1ccc(F)cc1)N[C@H](C/C=C/c1ccccc1)C(=O)O. The Morgan fingerprint density at radius 1 is 1.08 bits per heavy atom. The number of amides is 1. The minimum atomic E-state index is -1.10. The molecule has 0 spiro atoms. The largest absolute Gasteiger partial charge is 0.480 e. The van der Waals surface area contributed by atoms with Gasteiger partial charge in [0.05, 0.1) is 6.42 Å². The maximum atomic E-state index is 12.8. The normalized spacial score (nSPS) is 12.0. The van der Waals surface area contributed by atoms with Gasteiger partial charge in [0, 0.05) is 0 Å². The van der Waals surface area contributed by atoms with E-state index in [4.69, 9.17) is 0 Å². The predicted octanol–water partition coefficient (Wildman–Crippen LogP) is 3.04. The Kier molecular flexibility index (Phi) is 6.25. The smallest absolute Gasteiger partial charge is 0.326 e. The average molecular weight is 327 g/mol. The van der Waals surface area contributed by atoms with Gasteiger partial charge >= 0.3 is 5.97 Å². The molecule has 0 radical (unpaired) electrons. The van der Waals surface area contributed by atoms with Crippen LogP contribution >= 0.6 is 0 Å². The van der Waals surface area contributed by atoms with Crippen molar-refractivity contribution >= 4 is 18.0 Å². The fraction of sp³-hybridized carbons (Fsp3) is 0.158. The van der Waals surface area contributed by atoms with E-state index >= 15 is 0 Å². The second kappa shape index (κ2) is 8.62. The number of halogens is 1. The first-order valence-electron chi connectivity index (χ1n) is 7.53. The number of nitrogens with one attached hydrogen (secondary N) is 1. The van der Waals surface area contributed by atoms with E-state index in [1.54, 1.807) is 6.08 Å². The number of carbonyl (C=O) groups is 2. The van der Waals surface area contributed by atoms with E-state index in [0.717, 1.165) is 5.56 Å². The van der Waals surface area contributed by atoms with Gasteiger partial charge in [0.15, 0.2) is 0 Å². The van der Waals surface area contributed by atoms with Gasteiger partial charge < -0.3 is 10.4 Å². The summed E-state index contributed by atoms with van der Waals surface area (Å²) >= 11 is 0. The highest BCUT2D eigenvalue weighted by Gasteiger charge is 2.18. The lowest BCUT2D eigenvalue weighted by molar-refractivity contribution is -0.141. The van der Waals surface area contributed by atoms with E-state index in [9.17, 15) is 19.1 Å². The van der Waals surface area contributed by atoms with Crippen molar-refractivity contribution in [3.63, 3.8) is 0 Å². The van der Waals surface area contributed by atoms with Gasteiger partial charge in [-0.25, -0.2) is 9.18 Å². The Morgan fingerprint density at radius 3 is 2.38 bits per heavy atom. The number of carboxylic acids is 1. The van der Waals surface area contributed by atoms with E-state index in [1.807, 2.05) is 36.4 Å². The molecule has 2 aromatic carbocycles. The number of carboxylic acid groups (broad SMARTS) is 1. The fourth-order valence-corrected chi connectivity index (χ4v) is 2.16. The van der Waals surface area contributed by atoms with Crippen LogP contribution in [0.4, 0.5) is 4.39 Å². The lowest BCUT2D eigenvalue weighted by atomic mass is 10.1. The quantitative estimate of drug-likeness (QED) is 0.821. The summed E-state index contributed by atoms with van der Waals surface area (Å²) in [5.41, 5.74) is 1.58. The summed E-state index contributed by atoms with van der Waals surface area (Å²) in [5, 5.41) is 11.7. The molecule has 0 bridgehead atoms. The molecular formula is C19H18FNO3. The standard InChI is InChI=1S/C19H18FNO3/c20-16-11-9-15(10-12-16)13-18(22)21-17(19(23)24)8-4-7-14-5-2-1-3-6-14/h1-7,9-12,17H,8,13H2,(H,21,22)(H,23,24)/b7-4+/t17-/m1/s1. The molecule has 24 heavy (non-hydrogen) atoms. The summed E-state index contributed by atoms with van der Waals surface area (Å²) in [6.07, 6.45) is 3.71. The third-order valence-corrected chi connectivity index (χ3v) is 3.39. The van der Waals surface area contributed by atoms with Crippen molar-refractivity contribution in [1.29, 1.82) is 0 Å². The van der Waals surface area contributed by atoms with Crippen LogP contribution in [0, 0.1) is 5.82 Å². The molecule has 0 aliphatic heterocycles. The highest BCUT2D eigenvalue weighted by Crippen LogP contribution is 2.06. The highest BCUT2D eigenvalue weighted by atomic mass is 19.1. The van der Waals surface area contributed by atoms with Crippen molar-refractivity contribution in [1.82, 2.24) is 5.32 Å². The van der Waals surface area contributed by atoms with Gasteiger partial charge in [0.25, 0.3) is 0 Å². The van der Waals surface area contributed by atoms with Crippen molar-refractivity contribution < 1.29 is 19.1 Å². The Labute approximate surface area is 139 Å². The lowest BCUT2D eigenvalue weighted by Crippen LogP contribution is -2.41. The van der Waals surface area contributed by atoms with Crippen LogP contribution < -0.4 is 5.32 Å². The number of benzene rings is 2. The van der Waals surface area contributed by atoms with Crippen LogP contribution in [0.1, 0.15) is 17.5 Å². The highest BCUT2D eigenvalue weighted by molar-refractivity contribution is 5.85. The molecule has 0 saturated heterocycles. The minimum absolute atomic E-state index is 0.00641. The molecule has 1 amide bonds. The molecule has 0 unspecified atom stereocenters. The van der Waals surface area contributed by atoms with Crippen LogP contribution in [0.25, 0.3) is 6.08 Å². The molecule has 0 aliphatic carbocycles. The summed E-state index contributed by atoms with van der Waals surface area (Å²) in [6, 6.07) is 14.0. The topological polar surface area (TPSA) is 66.4 Å². The van der Waals surface area contributed by atoms with Crippen molar-refractivity contribution in [2.75, 3.05) is 0 Å². The molecule has 0 heterocycles. The van der Waals surface area contributed by atoms with Gasteiger partial charge in [-0.3, -0.25) is 4.79 Å². The second-order valence-corrected chi connectivity index (χ2v) is 5.31. The second-order valence-electron chi connectivity index (χ2n) is 5.31. The van der Waals surface area contributed by atoms with Crippen LogP contribution in [-0.4, -0.2) is 23.0 Å². The Morgan fingerprint density at radius 2 is 1.75 bits per heavy atom. The first kappa shape index (κ1) is 17.4. The predicted molar refractivity (Wildman–Crippen MR) is 89.8 cm³/mol. The maximum absolute atomic E-state index is 12.8. The lowest BCUT2D eigenvalue weighted by Gasteiger charge is -2.12. The summed E-state index contributed by atoms with van der Waals surface area (Å²) < 4.78 is 12.8. The molecule has 0 aromatic heterocycles. The van der Waals surface area contributed by atoms with Crippen molar-refractivity contribution in [3.8, 4) is 0 Å². The molecule has 4 nitrogen and oxygen atoms in total. The average Bonchev–Trinajstić information content (AvgIpc) is 2.57. The molecule has 0 aliphatic rings. The number of hydrogen-bond donors (Lipinski definition) is 2. The van der Waals surface area contributed by atoms with Gasteiger partial charge in [0.2, 0.25) is 5.91 Å². The molecule has 0 fully saturated rings. The zero-order chi connectivity index (χ0) is 17.4. The zero-order valence-corrected chi connectivity index (χ0v) is 13.0. The van der Waals surface area contributed by atoms with Crippen molar-refractivity contribution in [2.24, 2.45) is 0 Å². The Bertz CT molecular complexity index is 711. The zero-order valence-electron chi connectivity index (χ0n) is 13.0. The summed E-state index contributed by atoms with van der Waals surface area (Å²) in [5.74, 6) is -1.89. The van der Waals surface area contributed by atoms with E-state index in [1.165, 1.54) is 24.3 Å². The third-order valence-electron chi connectivity index (χ3n) is 3.39. The molecular weight excluding hydrogens is 309 g/mol. The van der Waals surface area contributed by atoms with Gasteiger partial charge in [-0.05, 0) is 29.7 Å².